The fourth-order valence-corrected chi connectivity index (χ4v) is 1.63. The smallest absolute Gasteiger partial charge is 0.0794 e. The molecular weight excluding hydrogens is 162 g/mol. The molecule has 0 aromatic carbocycles. The van der Waals surface area contributed by atoms with Crippen molar-refractivity contribution in [1.82, 2.24) is 0 Å². The Hall–Kier alpha value is -0.0800. The molecule has 0 rings (SSSR count). The van der Waals surface area contributed by atoms with E-state index in [2.05, 4.69) is 13.8 Å². The van der Waals surface area contributed by atoms with Gasteiger partial charge in [0.1, 0.15) is 0 Å². The molecule has 0 amide bonds. The van der Waals surface area contributed by atoms with Crippen LogP contribution < -0.4 is 5.73 Å². The lowest BCUT2D eigenvalue weighted by atomic mass is 9.80. The van der Waals surface area contributed by atoms with E-state index in [1.165, 1.54) is 0 Å². The van der Waals surface area contributed by atoms with Crippen LogP contribution in [0.4, 0.5) is 0 Å². The van der Waals surface area contributed by atoms with Gasteiger partial charge in [0.05, 0.1) is 5.60 Å². The standard InChI is InChI=1S/C11H25NO/c1-5-10(6-2)7-11(13,8-12)9(3)4/h9-10,13H,5-8,12H2,1-4H3. The minimum atomic E-state index is -0.656. The number of nitrogens with two attached hydrogens (primary N) is 1. The second-order valence-corrected chi connectivity index (χ2v) is 4.35. The molecule has 0 saturated heterocycles. The zero-order valence-electron chi connectivity index (χ0n) is 9.51. The fourth-order valence-electron chi connectivity index (χ4n) is 1.63. The van der Waals surface area contributed by atoms with Gasteiger partial charge in [0.2, 0.25) is 0 Å². The fraction of sp³-hybridized carbons (Fsp3) is 1.00. The molecule has 2 nitrogen and oxygen atoms in total. The van der Waals surface area contributed by atoms with Crippen molar-refractivity contribution in [2.75, 3.05) is 6.54 Å². The number of hydrogen-bond donors (Lipinski definition) is 2. The Kier molecular flexibility index (Phi) is 5.57. The molecule has 0 aliphatic carbocycles. The van der Waals surface area contributed by atoms with Crippen LogP contribution in [0.5, 0.6) is 0 Å². The molecule has 0 aliphatic heterocycles. The topological polar surface area (TPSA) is 46.2 Å². The van der Waals surface area contributed by atoms with Crippen LogP contribution >= 0.6 is 0 Å². The number of rotatable bonds is 6. The van der Waals surface area contributed by atoms with Crippen LogP contribution in [0.2, 0.25) is 0 Å². The van der Waals surface area contributed by atoms with E-state index in [9.17, 15) is 5.11 Å². The molecule has 0 heterocycles. The van der Waals surface area contributed by atoms with E-state index in [0.717, 1.165) is 19.3 Å². The van der Waals surface area contributed by atoms with Gasteiger partial charge in [0.15, 0.2) is 0 Å². The Morgan fingerprint density at radius 3 is 1.92 bits per heavy atom. The van der Waals surface area contributed by atoms with Crippen molar-refractivity contribution in [3.63, 3.8) is 0 Å². The average molecular weight is 187 g/mol. The van der Waals surface area contributed by atoms with Crippen molar-refractivity contribution in [2.45, 2.75) is 52.6 Å². The summed E-state index contributed by atoms with van der Waals surface area (Å²) >= 11 is 0. The molecule has 1 atom stereocenters. The molecule has 0 bridgehead atoms. The molecule has 0 radical (unpaired) electrons. The lowest BCUT2D eigenvalue weighted by molar-refractivity contribution is -0.0193. The monoisotopic (exact) mass is 187 g/mol. The van der Waals surface area contributed by atoms with Gasteiger partial charge in [-0.15, -0.1) is 0 Å². The molecule has 0 aromatic rings. The van der Waals surface area contributed by atoms with E-state index in [1.807, 2.05) is 13.8 Å². The maximum atomic E-state index is 10.2. The third kappa shape index (κ3) is 3.65. The normalized spacial score (nSPS) is 16.6. The molecule has 0 spiro atoms. The minimum absolute atomic E-state index is 0.248. The van der Waals surface area contributed by atoms with Gasteiger partial charge in [-0.05, 0) is 18.3 Å². The molecule has 0 saturated carbocycles. The highest BCUT2D eigenvalue weighted by molar-refractivity contribution is 4.85. The Bertz CT molecular complexity index is 132. The third-order valence-corrected chi connectivity index (χ3v) is 3.23. The third-order valence-electron chi connectivity index (χ3n) is 3.23. The maximum absolute atomic E-state index is 10.2. The first-order valence-electron chi connectivity index (χ1n) is 5.42. The summed E-state index contributed by atoms with van der Waals surface area (Å²) in [6.07, 6.45) is 3.10. The van der Waals surface area contributed by atoms with Crippen molar-refractivity contribution in [3.05, 3.63) is 0 Å². The van der Waals surface area contributed by atoms with E-state index in [-0.39, 0.29) is 5.92 Å². The predicted octanol–water partition coefficient (Wildman–Crippen LogP) is 2.16. The Morgan fingerprint density at radius 1 is 1.23 bits per heavy atom. The summed E-state index contributed by atoms with van der Waals surface area (Å²) in [5, 5.41) is 10.2. The summed E-state index contributed by atoms with van der Waals surface area (Å²) in [5.41, 5.74) is 4.96. The van der Waals surface area contributed by atoms with Gasteiger partial charge in [-0.2, -0.15) is 0 Å². The molecule has 13 heavy (non-hydrogen) atoms. The predicted molar refractivity (Wildman–Crippen MR) is 57.5 cm³/mol. The Morgan fingerprint density at radius 2 is 1.69 bits per heavy atom. The highest BCUT2D eigenvalue weighted by atomic mass is 16.3. The van der Waals surface area contributed by atoms with Crippen molar-refractivity contribution in [2.24, 2.45) is 17.6 Å². The average Bonchev–Trinajstić information content (AvgIpc) is 2.13. The molecule has 3 N–H and O–H groups in total. The van der Waals surface area contributed by atoms with Crippen LogP contribution in [0.15, 0.2) is 0 Å². The van der Waals surface area contributed by atoms with E-state index in [4.69, 9.17) is 5.73 Å². The van der Waals surface area contributed by atoms with Crippen molar-refractivity contribution < 1.29 is 5.11 Å². The van der Waals surface area contributed by atoms with Crippen LogP contribution in [-0.2, 0) is 0 Å². The summed E-state index contributed by atoms with van der Waals surface area (Å²) in [6, 6.07) is 0. The maximum Gasteiger partial charge on any atom is 0.0794 e. The number of hydrogen-bond acceptors (Lipinski definition) is 2. The zero-order valence-corrected chi connectivity index (χ0v) is 9.51. The van der Waals surface area contributed by atoms with Gasteiger partial charge in [0, 0.05) is 6.54 Å². The van der Waals surface area contributed by atoms with Crippen LogP contribution in [0.3, 0.4) is 0 Å². The summed E-state index contributed by atoms with van der Waals surface area (Å²) in [5.74, 6) is 0.856. The van der Waals surface area contributed by atoms with Gasteiger partial charge in [-0.1, -0.05) is 40.5 Å². The van der Waals surface area contributed by atoms with Crippen molar-refractivity contribution in [1.29, 1.82) is 0 Å². The first-order valence-corrected chi connectivity index (χ1v) is 5.42. The Balaban J connectivity index is 4.24. The first-order chi connectivity index (χ1) is 6.00. The van der Waals surface area contributed by atoms with Crippen molar-refractivity contribution >= 4 is 0 Å². The van der Waals surface area contributed by atoms with E-state index >= 15 is 0 Å². The van der Waals surface area contributed by atoms with Gasteiger partial charge >= 0.3 is 0 Å². The van der Waals surface area contributed by atoms with Crippen LogP contribution in [0, 0.1) is 11.8 Å². The van der Waals surface area contributed by atoms with Crippen LogP contribution in [0.25, 0.3) is 0 Å². The van der Waals surface area contributed by atoms with Gasteiger partial charge in [-0.25, -0.2) is 0 Å². The first kappa shape index (κ1) is 12.9. The molecule has 0 aromatic heterocycles. The largest absolute Gasteiger partial charge is 0.388 e. The van der Waals surface area contributed by atoms with Crippen molar-refractivity contribution in [3.8, 4) is 0 Å². The zero-order chi connectivity index (χ0) is 10.5. The number of aliphatic hydroxyl groups is 1. The summed E-state index contributed by atoms with van der Waals surface area (Å²) in [6.45, 7) is 8.79. The van der Waals surface area contributed by atoms with Crippen LogP contribution in [-0.4, -0.2) is 17.3 Å². The lowest BCUT2D eigenvalue weighted by Crippen LogP contribution is -2.44. The van der Waals surface area contributed by atoms with E-state index < -0.39 is 5.60 Å². The highest BCUT2D eigenvalue weighted by Gasteiger charge is 2.31. The highest BCUT2D eigenvalue weighted by Crippen LogP contribution is 2.27. The molecule has 1 unspecified atom stereocenters. The SMILES string of the molecule is CCC(CC)CC(O)(CN)C(C)C. The summed E-state index contributed by atoms with van der Waals surface area (Å²) in [7, 11) is 0. The Labute approximate surface area is 82.5 Å². The van der Waals surface area contributed by atoms with Gasteiger partial charge < -0.3 is 10.8 Å². The molecule has 0 aliphatic rings. The van der Waals surface area contributed by atoms with E-state index in [1.54, 1.807) is 0 Å². The molecule has 0 fully saturated rings. The lowest BCUT2D eigenvalue weighted by Gasteiger charge is -2.33. The summed E-state index contributed by atoms with van der Waals surface area (Å²) in [4.78, 5) is 0. The summed E-state index contributed by atoms with van der Waals surface area (Å²) < 4.78 is 0. The van der Waals surface area contributed by atoms with Crippen LogP contribution in [0.1, 0.15) is 47.0 Å². The molecular formula is C11H25NO. The molecule has 2 heteroatoms. The minimum Gasteiger partial charge on any atom is -0.388 e. The van der Waals surface area contributed by atoms with Gasteiger partial charge in [-0.3, -0.25) is 0 Å². The van der Waals surface area contributed by atoms with E-state index in [0.29, 0.717) is 12.5 Å². The molecule has 80 valence electrons. The quantitative estimate of drug-likeness (QED) is 0.669. The second kappa shape index (κ2) is 5.61. The van der Waals surface area contributed by atoms with Gasteiger partial charge in [0.25, 0.3) is 0 Å². The second-order valence-electron chi connectivity index (χ2n) is 4.35.